The van der Waals surface area contributed by atoms with E-state index in [9.17, 15) is 0 Å². The summed E-state index contributed by atoms with van der Waals surface area (Å²) in [5.41, 5.74) is 0. The van der Waals surface area contributed by atoms with Crippen molar-refractivity contribution in [2.45, 2.75) is 13.0 Å². The normalized spacial score (nSPS) is 14.9. The first-order valence-electron chi connectivity index (χ1n) is 2.91. The van der Waals surface area contributed by atoms with Crippen molar-refractivity contribution in [2.75, 3.05) is 0 Å². The molecule has 0 aliphatic carbocycles. The average Bonchev–Trinajstić information content (AvgIpc) is 1.89. The quantitative estimate of drug-likeness (QED) is 0.448. The van der Waals surface area contributed by atoms with Gasteiger partial charge in [-0.2, -0.15) is 0 Å². The molecular weight excluding hydrogens is 112 g/mol. The van der Waals surface area contributed by atoms with Crippen LogP contribution in [0.4, 0.5) is 0 Å². The summed E-state index contributed by atoms with van der Waals surface area (Å²) in [5.74, 6) is 0. The van der Waals surface area contributed by atoms with Gasteiger partial charge in [0.25, 0.3) is 0 Å². The van der Waals surface area contributed by atoms with Crippen molar-refractivity contribution in [1.82, 2.24) is 0 Å². The number of hydrogen-bond acceptors (Lipinski definition) is 1. The molecule has 0 aromatic heterocycles. The molecule has 50 valence electrons. The predicted octanol–water partition coefficient (Wildman–Crippen LogP) is 1.67. The highest BCUT2D eigenvalue weighted by molar-refractivity contribution is 5.07. The molecular formula is C8H12O. The van der Waals surface area contributed by atoms with Crippen LogP contribution in [0.5, 0.6) is 0 Å². The summed E-state index contributed by atoms with van der Waals surface area (Å²) in [6, 6.07) is 0. The highest BCUT2D eigenvalue weighted by atomic mass is 16.3. The van der Waals surface area contributed by atoms with Crippen molar-refractivity contribution in [2.24, 2.45) is 0 Å². The topological polar surface area (TPSA) is 20.2 Å². The third-order valence-corrected chi connectivity index (χ3v) is 0.853. The molecule has 1 nitrogen and oxygen atoms in total. The molecule has 9 heavy (non-hydrogen) atoms. The molecule has 0 fully saturated rings. The first kappa shape index (κ1) is 8.18. The standard InChI is InChI=1S/C8H12O/c1-3-5-6-7-8(9)4-2/h3-9H,2H2,1H3. The van der Waals surface area contributed by atoms with Gasteiger partial charge >= 0.3 is 0 Å². The van der Waals surface area contributed by atoms with Gasteiger partial charge in [0.2, 0.25) is 0 Å². The van der Waals surface area contributed by atoms with Crippen LogP contribution >= 0.6 is 0 Å². The summed E-state index contributed by atoms with van der Waals surface area (Å²) in [6.45, 7) is 5.34. The number of aliphatic hydroxyl groups excluding tert-OH is 1. The molecule has 1 N–H and O–H groups in total. The van der Waals surface area contributed by atoms with E-state index in [1.54, 1.807) is 12.2 Å². The van der Waals surface area contributed by atoms with Crippen LogP contribution in [0.25, 0.3) is 0 Å². The van der Waals surface area contributed by atoms with Crippen LogP contribution in [-0.4, -0.2) is 11.2 Å². The smallest absolute Gasteiger partial charge is 0.0903 e. The zero-order chi connectivity index (χ0) is 7.11. The number of rotatable bonds is 3. The fourth-order valence-electron chi connectivity index (χ4n) is 0.368. The fourth-order valence-corrected chi connectivity index (χ4v) is 0.368. The van der Waals surface area contributed by atoms with Crippen molar-refractivity contribution < 1.29 is 5.11 Å². The van der Waals surface area contributed by atoms with Gasteiger partial charge < -0.3 is 5.11 Å². The second kappa shape index (κ2) is 5.32. The van der Waals surface area contributed by atoms with Gasteiger partial charge in [0, 0.05) is 0 Å². The van der Waals surface area contributed by atoms with E-state index >= 15 is 0 Å². The van der Waals surface area contributed by atoms with Crippen LogP contribution in [0.15, 0.2) is 37.0 Å². The lowest BCUT2D eigenvalue weighted by Crippen LogP contribution is -1.93. The Bertz CT molecular complexity index is 123. The van der Waals surface area contributed by atoms with Crippen molar-refractivity contribution in [3.05, 3.63) is 37.0 Å². The van der Waals surface area contributed by atoms with E-state index in [4.69, 9.17) is 5.11 Å². The Morgan fingerprint density at radius 2 is 2.11 bits per heavy atom. The van der Waals surface area contributed by atoms with Crippen LogP contribution in [0.2, 0.25) is 0 Å². The maximum Gasteiger partial charge on any atom is 0.0903 e. The van der Waals surface area contributed by atoms with Crippen LogP contribution in [-0.2, 0) is 0 Å². The van der Waals surface area contributed by atoms with Gasteiger partial charge in [-0.05, 0) is 6.92 Å². The van der Waals surface area contributed by atoms with Gasteiger partial charge in [-0.25, -0.2) is 0 Å². The maximum absolute atomic E-state index is 8.85. The largest absolute Gasteiger partial charge is 0.385 e. The molecule has 1 unspecified atom stereocenters. The lowest BCUT2D eigenvalue weighted by molar-refractivity contribution is 0.272. The zero-order valence-electron chi connectivity index (χ0n) is 5.62. The minimum atomic E-state index is -0.513. The molecule has 1 atom stereocenters. The van der Waals surface area contributed by atoms with E-state index in [2.05, 4.69) is 6.58 Å². The van der Waals surface area contributed by atoms with Crippen molar-refractivity contribution in [3.63, 3.8) is 0 Å². The summed E-state index contributed by atoms with van der Waals surface area (Å²) in [5, 5.41) is 8.85. The summed E-state index contributed by atoms with van der Waals surface area (Å²) in [4.78, 5) is 0. The highest BCUT2D eigenvalue weighted by Crippen LogP contribution is 1.86. The Morgan fingerprint density at radius 1 is 1.44 bits per heavy atom. The van der Waals surface area contributed by atoms with Gasteiger partial charge in [0.05, 0.1) is 6.10 Å². The molecule has 0 saturated heterocycles. The summed E-state index contributed by atoms with van der Waals surface area (Å²) in [7, 11) is 0. The lowest BCUT2D eigenvalue weighted by Gasteiger charge is -1.91. The van der Waals surface area contributed by atoms with E-state index in [-0.39, 0.29) is 0 Å². The zero-order valence-corrected chi connectivity index (χ0v) is 5.62. The monoisotopic (exact) mass is 124 g/mol. The Morgan fingerprint density at radius 3 is 2.56 bits per heavy atom. The van der Waals surface area contributed by atoms with E-state index in [0.717, 1.165) is 0 Å². The molecule has 0 aromatic carbocycles. The number of aliphatic hydroxyl groups is 1. The minimum Gasteiger partial charge on any atom is -0.385 e. The van der Waals surface area contributed by atoms with Gasteiger partial charge in [-0.1, -0.05) is 30.4 Å². The second-order valence-electron chi connectivity index (χ2n) is 1.64. The first-order valence-corrected chi connectivity index (χ1v) is 2.91. The Hall–Kier alpha value is -0.820. The second-order valence-corrected chi connectivity index (χ2v) is 1.64. The summed E-state index contributed by atoms with van der Waals surface area (Å²) >= 11 is 0. The molecule has 0 saturated carbocycles. The molecule has 0 radical (unpaired) electrons. The molecule has 0 bridgehead atoms. The summed E-state index contributed by atoms with van der Waals surface area (Å²) in [6.07, 6.45) is 8.15. The van der Waals surface area contributed by atoms with Crippen molar-refractivity contribution >= 4 is 0 Å². The molecule has 0 rings (SSSR count). The van der Waals surface area contributed by atoms with E-state index < -0.39 is 6.10 Å². The van der Waals surface area contributed by atoms with Crippen LogP contribution in [0.1, 0.15) is 6.92 Å². The first-order chi connectivity index (χ1) is 4.31. The van der Waals surface area contributed by atoms with Crippen molar-refractivity contribution in [1.29, 1.82) is 0 Å². The Balaban J connectivity index is 3.55. The van der Waals surface area contributed by atoms with Crippen LogP contribution in [0.3, 0.4) is 0 Å². The third kappa shape index (κ3) is 5.04. The molecule has 0 amide bonds. The third-order valence-electron chi connectivity index (χ3n) is 0.853. The maximum atomic E-state index is 8.85. The molecule has 0 aliphatic rings. The van der Waals surface area contributed by atoms with Gasteiger partial charge in [-0.15, -0.1) is 6.58 Å². The van der Waals surface area contributed by atoms with E-state index in [0.29, 0.717) is 0 Å². The molecule has 0 spiro atoms. The van der Waals surface area contributed by atoms with Crippen molar-refractivity contribution in [3.8, 4) is 0 Å². The SMILES string of the molecule is C=CC(O)C=CC=CC. The Labute approximate surface area is 56.0 Å². The number of hydrogen-bond donors (Lipinski definition) is 1. The lowest BCUT2D eigenvalue weighted by atomic mass is 10.3. The van der Waals surface area contributed by atoms with Gasteiger partial charge in [-0.3, -0.25) is 0 Å². The van der Waals surface area contributed by atoms with Crippen LogP contribution < -0.4 is 0 Å². The Kier molecular flexibility index (Phi) is 4.83. The van der Waals surface area contributed by atoms with Crippen LogP contribution in [0, 0.1) is 0 Å². The fraction of sp³-hybridized carbons (Fsp3) is 0.250. The van der Waals surface area contributed by atoms with E-state index in [1.165, 1.54) is 6.08 Å². The molecule has 0 aliphatic heterocycles. The minimum absolute atomic E-state index is 0.513. The van der Waals surface area contributed by atoms with Gasteiger partial charge in [0.15, 0.2) is 0 Å². The number of allylic oxidation sites excluding steroid dienone is 3. The van der Waals surface area contributed by atoms with E-state index in [1.807, 2.05) is 19.1 Å². The summed E-state index contributed by atoms with van der Waals surface area (Å²) < 4.78 is 0. The molecule has 0 heterocycles. The predicted molar refractivity (Wildman–Crippen MR) is 40.2 cm³/mol. The highest BCUT2D eigenvalue weighted by Gasteiger charge is 1.83. The molecule has 0 aromatic rings. The molecule has 1 heteroatoms. The van der Waals surface area contributed by atoms with Gasteiger partial charge in [0.1, 0.15) is 0 Å². The average molecular weight is 124 g/mol.